The predicted molar refractivity (Wildman–Crippen MR) is 71.1 cm³/mol. The summed E-state index contributed by atoms with van der Waals surface area (Å²) in [6.45, 7) is 2.95. The molecule has 0 fully saturated rings. The molecule has 1 heterocycles. The number of nitrogens with one attached hydrogen (secondary N) is 1. The van der Waals surface area contributed by atoms with E-state index in [4.69, 9.17) is 4.42 Å². The molecule has 0 spiro atoms. The molecule has 17 heavy (non-hydrogen) atoms. The van der Waals surface area contributed by atoms with Gasteiger partial charge in [0.15, 0.2) is 0 Å². The SMILES string of the molecule is CN(C)CCCNCc1cc2ccccc2o1. The summed E-state index contributed by atoms with van der Waals surface area (Å²) in [5.74, 6) is 1.01. The molecule has 0 saturated carbocycles. The van der Waals surface area contributed by atoms with Crippen LogP contribution in [0.2, 0.25) is 0 Å². The van der Waals surface area contributed by atoms with Crippen LogP contribution in [-0.4, -0.2) is 32.1 Å². The molecule has 0 aliphatic rings. The van der Waals surface area contributed by atoms with Crippen LogP contribution in [0.15, 0.2) is 34.7 Å². The summed E-state index contributed by atoms with van der Waals surface area (Å²) in [7, 11) is 4.19. The summed E-state index contributed by atoms with van der Waals surface area (Å²) in [6.07, 6.45) is 1.16. The number of hydrogen-bond acceptors (Lipinski definition) is 3. The van der Waals surface area contributed by atoms with Crippen LogP contribution in [0.1, 0.15) is 12.2 Å². The van der Waals surface area contributed by atoms with E-state index in [2.05, 4.69) is 36.4 Å². The highest BCUT2D eigenvalue weighted by molar-refractivity contribution is 5.77. The molecule has 2 aromatic rings. The molecule has 2 rings (SSSR count). The summed E-state index contributed by atoms with van der Waals surface area (Å²) in [5.41, 5.74) is 0.970. The Labute approximate surface area is 102 Å². The summed E-state index contributed by atoms with van der Waals surface area (Å²) in [5, 5.41) is 4.58. The molecule has 0 saturated heterocycles. The summed E-state index contributed by atoms with van der Waals surface area (Å²) >= 11 is 0. The third-order valence-corrected chi connectivity index (χ3v) is 2.73. The van der Waals surface area contributed by atoms with E-state index in [1.54, 1.807) is 0 Å². The van der Waals surface area contributed by atoms with Crippen LogP contribution < -0.4 is 5.32 Å². The van der Waals surface area contributed by atoms with Crippen LogP contribution in [0.5, 0.6) is 0 Å². The zero-order chi connectivity index (χ0) is 12.1. The maximum Gasteiger partial charge on any atom is 0.134 e. The first kappa shape index (κ1) is 12.1. The second kappa shape index (κ2) is 5.84. The molecular weight excluding hydrogens is 212 g/mol. The third-order valence-electron chi connectivity index (χ3n) is 2.73. The van der Waals surface area contributed by atoms with Crippen LogP contribution in [0, 0.1) is 0 Å². The van der Waals surface area contributed by atoms with E-state index in [-0.39, 0.29) is 0 Å². The van der Waals surface area contributed by atoms with Gasteiger partial charge in [-0.15, -0.1) is 0 Å². The minimum absolute atomic E-state index is 0.808. The normalized spacial score (nSPS) is 11.5. The van der Waals surface area contributed by atoms with Crippen molar-refractivity contribution in [2.45, 2.75) is 13.0 Å². The largest absolute Gasteiger partial charge is 0.460 e. The zero-order valence-corrected chi connectivity index (χ0v) is 10.6. The third kappa shape index (κ3) is 3.58. The van der Waals surface area contributed by atoms with Crippen molar-refractivity contribution in [3.8, 4) is 0 Å². The lowest BCUT2D eigenvalue weighted by molar-refractivity contribution is 0.391. The van der Waals surface area contributed by atoms with Crippen LogP contribution in [0.25, 0.3) is 11.0 Å². The van der Waals surface area contributed by atoms with Crippen molar-refractivity contribution >= 4 is 11.0 Å². The Morgan fingerprint density at radius 3 is 2.82 bits per heavy atom. The summed E-state index contributed by atoms with van der Waals surface area (Å²) in [4.78, 5) is 2.20. The van der Waals surface area contributed by atoms with Gasteiger partial charge in [-0.25, -0.2) is 0 Å². The Balaban J connectivity index is 1.79. The van der Waals surface area contributed by atoms with Crippen LogP contribution in [0.4, 0.5) is 0 Å². The van der Waals surface area contributed by atoms with Crippen molar-refractivity contribution in [3.63, 3.8) is 0 Å². The van der Waals surface area contributed by atoms with Crippen LogP contribution in [-0.2, 0) is 6.54 Å². The fourth-order valence-electron chi connectivity index (χ4n) is 1.86. The van der Waals surface area contributed by atoms with E-state index in [1.807, 2.05) is 18.2 Å². The number of para-hydroxylation sites is 1. The van der Waals surface area contributed by atoms with E-state index in [0.717, 1.165) is 37.4 Å². The minimum atomic E-state index is 0.808. The first-order valence-electron chi connectivity index (χ1n) is 6.08. The van der Waals surface area contributed by atoms with Crippen LogP contribution in [0.3, 0.4) is 0 Å². The van der Waals surface area contributed by atoms with Gasteiger partial charge in [0.05, 0.1) is 6.54 Å². The van der Waals surface area contributed by atoms with Crippen molar-refractivity contribution < 1.29 is 4.42 Å². The van der Waals surface area contributed by atoms with E-state index in [9.17, 15) is 0 Å². The monoisotopic (exact) mass is 232 g/mol. The van der Waals surface area contributed by atoms with Gasteiger partial charge in [0.1, 0.15) is 11.3 Å². The van der Waals surface area contributed by atoms with Gasteiger partial charge in [0.2, 0.25) is 0 Å². The maximum atomic E-state index is 5.72. The molecule has 3 nitrogen and oxygen atoms in total. The fourth-order valence-corrected chi connectivity index (χ4v) is 1.86. The van der Waals surface area contributed by atoms with Crippen molar-refractivity contribution in [1.29, 1.82) is 0 Å². The van der Waals surface area contributed by atoms with Crippen LogP contribution >= 0.6 is 0 Å². The van der Waals surface area contributed by atoms with E-state index < -0.39 is 0 Å². The molecule has 0 amide bonds. The van der Waals surface area contributed by atoms with Gasteiger partial charge in [-0.05, 0) is 45.7 Å². The second-order valence-electron chi connectivity index (χ2n) is 4.58. The van der Waals surface area contributed by atoms with Gasteiger partial charge in [0.25, 0.3) is 0 Å². The maximum absolute atomic E-state index is 5.72. The number of benzene rings is 1. The summed E-state index contributed by atoms with van der Waals surface area (Å²) < 4.78 is 5.72. The molecule has 0 bridgehead atoms. The Morgan fingerprint density at radius 2 is 2.06 bits per heavy atom. The molecule has 92 valence electrons. The first-order valence-corrected chi connectivity index (χ1v) is 6.08. The highest BCUT2D eigenvalue weighted by atomic mass is 16.3. The lowest BCUT2D eigenvalue weighted by Crippen LogP contribution is -2.20. The Bertz CT molecular complexity index is 429. The van der Waals surface area contributed by atoms with E-state index in [0.29, 0.717) is 0 Å². The quantitative estimate of drug-likeness (QED) is 0.776. The number of nitrogens with zero attached hydrogens (tertiary/aromatic N) is 1. The number of fused-ring (bicyclic) bond motifs is 1. The average Bonchev–Trinajstić information content (AvgIpc) is 2.70. The van der Waals surface area contributed by atoms with Crippen molar-refractivity contribution in [1.82, 2.24) is 10.2 Å². The number of furan rings is 1. The Kier molecular flexibility index (Phi) is 4.18. The van der Waals surface area contributed by atoms with Crippen molar-refractivity contribution in [2.75, 3.05) is 27.2 Å². The molecule has 1 aromatic carbocycles. The molecular formula is C14H20N2O. The number of rotatable bonds is 6. The van der Waals surface area contributed by atoms with Gasteiger partial charge < -0.3 is 14.6 Å². The molecule has 1 N–H and O–H groups in total. The van der Waals surface area contributed by atoms with Gasteiger partial charge >= 0.3 is 0 Å². The summed E-state index contributed by atoms with van der Waals surface area (Å²) in [6, 6.07) is 10.2. The lowest BCUT2D eigenvalue weighted by atomic mass is 10.2. The minimum Gasteiger partial charge on any atom is -0.460 e. The van der Waals surface area contributed by atoms with Gasteiger partial charge in [-0.3, -0.25) is 0 Å². The molecule has 0 atom stereocenters. The molecule has 0 radical (unpaired) electrons. The smallest absolute Gasteiger partial charge is 0.134 e. The highest BCUT2D eigenvalue weighted by Gasteiger charge is 2.01. The van der Waals surface area contributed by atoms with Gasteiger partial charge in [-0.1, -0.05) is 18.2 Å². The van der Waals surface area contributed by atoms with Gasteiger partial charge in [0, 0.05) is 5.39 Å². The lowest BCUT2D eigenvalue weighted by Gasteiger charge is -2.08. The number of hydrogen-bond donors (Lipinski definition) is 1. The highest BCUT2D eigenvalue weighted by Crippen LogP contribution is 2.18. The molecule has 0 aliphatic heterocycles. The predicted octanol–water partition coefficient (Wildman–Crippen LogP) is 2.47. The van der Waals surface area contributed by atoms with Crippen molar-refractivity contribution in [3.05, 3.63) is 36.1 Å². The van der Waals surface area contributed by atoms with Gasteiger partial charge in [-0.2, -0.15) is 0 Å². The molecule has 0 aliphatic carbocycles. The van der Waals surface area contributed by atoms with E-state index in [1.165, 1.54) is 5.39 Å². The molecule has 1 aromatic heterocycles. The Hall–Kier alpha value is -1.32. The first-order chi connectivity index (χ1) is 8.25. The molecule has 0 unspecified atom stereocenters. The van der Waals surface area contributed by atoms with Crippen molar-refractivity contribution in [2.24, 2.45) is 0 Å². The zero-order valence-electron chi connectivity index (χ0n) is 10.6. The Morgan fingerprint density at radius 1 is 1.24 bits per heavy atom. The molecule has 3 heteroatoms. The second-order valence-corrected chi connectivity index (χ2v) is 4.58. The average molecular weight is 232 g/mol. The van der Waals surface area contributed by atoms with E-state index >= 15 is 0 Å². The topological polar surface area (TPSA) is 28.4 Å². The standard InChI is InChI=1S/C14H20N2O/c1-16(2)9-5-8-15-11-13-10-12-6-3-4-7-14(12)17-13/h3-4,6-7,10,15H,5,8-9,11H2,1-2H3. The fraction of sp³-hybridized carbons (Fsp3) is 0.429.